The largest absolute Gasteiger partial charge is 0.338 e. The molecule has 1 aliphatic rings. The van der Waals surface area contributed by atoms with Gasteiger partial charge in [0.25, 0.3) is 5.91 Å². The van der Waals surface area contributed by atoms with E-state index in [2.05, 4.69) is 20.1 Å². The van der Waals surface area contributed by atoms with Crippen molar-refractivity contribution in [2.24, 2.45) is 0 Å². The number of amides is 1. The summed E-state index contributed by atoms with van der Waals surface area (Å²) >= 11 is 0. The Hall–Kier alpha value is -2.83. The van der Waals surface area contributed by atoms with E-state index >= 15 is 0 Å². The van der Waals surface area contributed by atoms with Crippen LogP contribution in [0.25, 0.3) is 5.65 Å². The summed E-state index contributed by atoms with van der Waals surface area (Å²) in [5, 5.41) is 4.20. The lowest BCUT2D eigenvalue weighted by Gasteiger charge is -2.31. The standard InChI is InChI=1S/C17H18N6O/c1-12-9-18-11-15(21-12)13-3-7-22(8-4-13)17(24)14-10-20-23-6-2-5-19-16(14)23/h2,5-6,9-11,13H,3-4,7-8H2,1H3. The molecule has 0 aliphatic carbocycles. The number of nitrogens with zero attached hydrogens (tertiary/aromatic N) is 6. The Bertz CT molecular complexity index is 881. The number of fused-ring (bicyclic) bond motifs is 1. The summed E-state index contributed by atoms with van der Waals surface area (Å²) in [4.78, 5) is 27.7. The smallest absolute Gasteiger partial charge is 0.259 e. The third-order valence-corrected chi connectivity index (χ3v) is 4.48. The minimum Gasteiger partial charge on any atom is -0.338 e. The van der Waals surface area contributed by atoms with Gasteiger partial charge < -0.3 is 4.90 Å². The van der Waals surface area contributed by atoms with Crippen LogP contribution in [-0.2, 0) is 0 Å². The summed E-state index contributed by atoms with van der Waals surface area (Å²) in [7, 11) is 0. The summed E-state index contributed by atoms with van der Waals surface area (Å²) in [6.45, 7) is 3.37. The third-order valence-electron chi connectivity index (χ3n) is 4.48. The molecule has 1 fully saturated rings. The van der Waals surface area contributed by atoms with Gasteiger partial charge in [0.1, 0.15) is 5.56 Å². The van der Waals surface area contributed by atoms with Gasteiger partial charge in [0.15, 0.2) is 5.65 Å². The Labute approximate surface area is 139 Å². The van der Waals surface area contributed by atoms with Gasteiger partial charge in [0, 0.05) is 43.8 Å². The van der Waals surface area contributed by atoms with E-state index in [1.807, 2.05) is 18.0 Å². The van der Waals surface area contributed by atoms with Crippen molar-refractivity contribution in [3.05, 3.63) is 54.0 Å². The van der Waals surface area contributed by atoms with Crippen LogP contribution >= 0.6 is 0 Å². The average molecular weight is 322 g/mol. The van der Waals surface area contributed by atoms with Gasteiger partial charge in [-0.1, -0.05) is 0 Å². The second-order valence-electron chi connectivity index (χ2n) is 6.10. The van der Waals surface area contributed by atoms with Gasteiger partial charge in [0.2, 0.25) is 0 Å². The maximum atomic E-state index is 12.8. The monoisotopic (exact) mass is 322 g/mol. The van der Waals surface area contributed by atoms with Crippen LogP contribution < -0.4 is 0 Å². The highest BCUT2D eigenvalue weighted by Crippen LogP contribution is 2.27. The van der Waals surface area contributed by atoms with Crippen LogP contribution in [0.2, 0.25) is 0 Å². The fourth-order valence-electron chi connectivity index (χ4n) is 3.21. The lowest BCUT2D eigenvalue weighted by Crippen LogP contribution is -2.38. The van der Waals surface area contributed by atoms with E-state index in [4.69, 9.17) is 0 Å². The first-order valence-corrected chi connectivity index (χ1v) is 8.08. The molecule has 0 saturated carbocycles. The van der Waals surface area contributed by atoms with Crippen molar-refractivity contribution in [1.82, 2.24) is 29.5 Å². The van der Waals surface area contributed by atoms with Gasteiger partial charge in [0.05, 0.1) is 17.6 Å². The van der Waals surface area contributed by atoms with Gasteiger partial charge in [-0.2, -0.15) is 5.10 Å². The molecule has 0 spiro atoms. The van der Waals surface area contributed by atoms with Crippen molar-refractivity contribution in [3.8, 4) is 0 Å². The second-order valence-corrected chi connectivity index (χ2v) is 6.10. The Morgan fingerprint density at radius 3 is 2.83 bits per heavy atom. The molecule has 1 aliphatic heterocycles. The van der Waals surface area contributed by atoms with Gasteiger partial charge in [-0.3, -0.25) is 14.8 Å². The number of carbonyl (C=O) groups excluding carboxylic acids is 1. The lowest BCUT2D eigenvalue weighted by atomic mass is 9.93. The summed E-state index contributed by atoms with van der Waals surface area (Å²) in [6.07, 6.45) is 10.5. The van der Waals surface area contributed by atoms with Gasteiger partial charge in [-0.05, 0) is 25.8 Å². The Kier molecular flexibility index (Phi) is 3.68. The second kappa shape index (κ2) is 5.99. The van der Waals surface area contributed by atoms with Crippen LogP contribution in [0.1, 0.15) is 40.5 Å². The number of rotatable bonds is 2. The first-order valence-electron chi connectivity index (χ1n) is 8.08. The fraction of sp³-hybridized carbons (Fsp3) is 0.353. The maximum Gasteiger partial charge on any atom is 0.259 e. The van der Waals surface area contributed by atoms with E-state index in [1.165, 1.54) is 0 Å². The normalized spacial score (nSPS) is 15.8. The summed E-state index contributed by atoms with van der Waals surface area (Å²) in [5.41, 5.74) is 3.13. The Morgan fingerprint density at radius 2 is 2.04 bits per heavy atom. The van der Waals surface area contributed by atoms with E-state index in [-0.39, 0.29) is 5.91 Å². The molecular formula is C17H18N6O. The van der Waals surface area contributed by atoms with E-state index in [0.717, 1.165) is 24.2 Å². The molecule has 7 nitrogen and oxygen atoms in total. The van der Waals surface area contributed by atoms with Crippen LogP contribution in [-0.4, -0.2) is 48.5 Å². The number of aryl methyl sites for hydroxylation is 1. The minimum absolute atomic E-state index is 0.00234. The quantitative estimate of drug-likeness (QED) is 0.719. The van der Waals surface area contributed by atoms with Crippen LogP contribution in [0, 0.1) is 6.92 Å². The van der Waals surface area contributed by atoms with E-state index in [1.54, 1.807) is 35.4 Å². The van der Waals surface area contributed by atoms with Crippen molar-refractivity contribution >= 4 is 11.6 Å². The van der Waals surface area contributed by atoms with Crippen molar-refractivity contribution in [2.45, 2.75) is 25.7 Å². The van der Waals surface area contributed by atoms with Gasteiger partial charge in [-0.25, -0.2) is 9.50 Å². The van der Waals surface area contributed by atoms with Crippen molar-refractivity contribution < 1.29 is 4.79 Å². The fourth-order valence-corrected chi connectivity index (χ4v) is 3.21. The van der Waals surface area contributed by atoms with Crippen LogP contribution in [0.4, 0.5) is 0 Å². The molecule has 4 rings (SSSR count). The molecular weight excluding hydrogens is 304 g/mol. The number of hydrogen-bond acceptors (Lipinski definition) is 5. The van der Waals surface area contributed by atoms with Crippen molar-refractivity contribution in [3.63, 3.8) is 0 Å². The van der Waals surface area contributed by atoms with E-state index in [0.29, 0.717) is 30.2 Å². The molecule has 24 heavy (non-hydrogen) atoms. The number of carbonyl (C=O) groups is 1. The first kappa shape index (κ1) is 14.7. The molecule has 7 heteroatoms. The minimum atomic E-state index is -0.00234. The van der Waals surface area contributed by atoms with E-state index in [9.17, 15) is 4.79 Å². The third kappa shape index (κ3) is 2.62. The molecule has 3 aromatic rings. The summed E-state index contributed by atoms with van der Waals surface area (Å²) in [6, 6.07) is 1.79. The number of hydrogen-bond donors (Lipinski definition) is 0. The predicted octanol–water partition coefficient (Wildman–Crippen LogP) is 1.85. The average Bonchev–Trinajstić information content (AvgIpc) is 3.05. The molecule has 4 heterocycles. The molecule has 0 bridgehead atoms. The first-order chi connectivity index (χ1) is 11.7. The maximum absolute atomic E-state index is 12.8. The topological polar surface area (TPSA) is 76.3 Å². The molecule has 0 atom stereocenters. The molecule has 0 unspecified atom stereocenters. The number of likely N-dealkylation sites (tertiary alicyclic amines) is 1. The Morgan fingerprint density at radius 1 is 1.21 bits per heavy atom. The molecule has 0 aromatic carbocycles. The molecule has 1 saturated heterocycles. The molecule has 122 valence electrons. The van der Waals surface area contributed by atoms with Gasteiger partial charge >= 0.3 is 0 Å². The van der Waals surface area contributed by atoms with Gasteiger partial charge in [-0.15, -0.1) is 0 Å². The van der Waals surface area contributed by atoms with Crippen LogP contribution in [0.3, 0.4) is 0 Å². The molecule has 3 aromatic heterocycles. The van der Waals surface area contributed by atoms with Crippen molar-refractivity contribution in [1.29, 1.82) is 0 Å². The zero-order valence-corrected chi connectivity index (χ0v) is 13.5. The molecule has 0 N–H and O–H groups in total. The highest BCUT2D eigenvalue weighted by Gasteiger charge is 2.27. The number of piperidine rings is 1. The molecule has 0 radical (unpaired) electrons. The zero-order chi connectivity index (χ0) is 16.5. The highest BCUT2D eigenvalue weighted by molar-refractivity contribution is 5.99. The van der Waals surface area contributed by atoms with Crippen LogP contribution in [0.15, 0.2) is 37.1 Å². The number of aromatic nitrogens is 5. The van der Waals surface area contributed by atoms with Crippen LogP contribution in [0.5, 0.6) is 0 Å². The SMILES string of the molecule is Cc1cncc(C2CCN(C(=O)c3cnn4cccnc34)CC2)n1. The molecule has 1 amide bonds. The highest BCUT2D eigenvalue weighted by atomic mass is 16.2. The zero-order valence-electron chi connectivity index (χ0n) is 13.5. The predicted molar refractivity (Wildman–Crippen MR) is 87.6 cm³/mol. The lowest BCUT2D eigenvalue weighted by molar-refractivity contribution is 0.0713. The van der Waals surface area contributed by atoms with E-state index < -0.39 is 0 Å². The van der Waals surface area contributed by atoms with Crippen molar-refractivity contribution in [2.75, 3.05) is 13.1 Å². The Balaban J connectivity index is 1.48. The summed E-state index contributed by atoms with van der Waals surface area (Å²) < 4.78 is 1.63. The summed E-state index contributed by atoms with van der Waals surface area (Å²) in [5.74, 6) is 0.362.